The van der Waals surface area contributed by atoms with Crippen molar-refractivity contribution in [2.45, 2.75) is 12.6 Å². The van der Waals surface area contributed by atoms with Crippen molar-refractivity contribution in [3.8, 4) is 16.6 Å². The molecule has 1 aliphatic rings. The highest BCUT2D eigenvalue weighted by Crippen LogP contribution is 2.34. The lowest BCUT2D eigenvalue weighted by molar-refractivity contribution is -0.137. The Hall–Kier alpha value is -2.44. The number of alkyl halides is 3. The summed E-state index contributed by atoms with van der Waals surface area (Å²) in [5.74, 6) is -0.584. The molecular weight excluding hydrogens is 353 g/mol. The van der Waals surface area contributed by atoms with Gasteiger partial charge in [-0.3, -0.25) is 4.79 Å². The lowest BCUT2D eigenvalue weighted by atomic mass is 10.1. The number of benzene rings is 1. The first-order valence-corrected chi connectivity index (χ1v) is 8.29. The molecule has 2 heterocycles. The average Bonchev–Trinajstić information content (AvgIpc) is 3.27. The number of thiazole rings is 1. The molecule has 1 atom stereocenters. The zero-order valence-electron chi connectivity index (χ0n) is 12.9. The van der Waals surface area contributed by atoms with E-state index in [-0.39, 0.29) is 17.0 Å². The van der Waals surface area contributed by atoms with Gasteiger partial charge in [0.25, 0.3) is 0 Å². The summed E-state index contributed by atoms with van der Waals surface area (Å²) >= 11 is 1.09. The summed E-state index contributed by atoms with van der Waals surface area (Å²) in [6.07, 6.45) is -0.436. The molecule has 1 saturated heterocycles. The van der Waals surface area contributed by atoms with Crippen molar-refractivity contribution in [3.05, 3.63) is 36.0 Å². The summed E-state index contributed by atoms with van der Waals surface area (Å²) in [5.41, 5.74) is -0.187. The smallest absolute Gasteiger partial charge is 0.316 e. The van der Waals surface area contributed by atoms with Crippen molar-refractivity contribution < 1.29 is 18.0 Å². The van der Waals surface area contributed by atoms with Crippen molar-refractivity contribution in [3.63, 3.8) is 0 Å². The number of anilines is 1. The van der Waals surface area contributed by atoms with Crippen molar-refractivity contribution in [2.75, 3.05) is 18.0 Å². The summed E-state index contributed by atoms with van der Waals surface area (Å²) in [7, 11) is 0. The molecule has 5 nitrogen and oxygen atoms in total. The van der Waals surface area contributed by atoms with E-state index in [0.717, 1.165) is 34.9 Å². The fraction of sp³-hybridized carbons (Fsp3) is 0.312. The molecule has 1 aromatic heterocycles. The number of nitrogens with one attached hydrogen (secondary N) is 1. The Morgan fingerprint density at radius 1 is 1.36 bits per heavy atom. The minimum absolute atomic E-state index is 0.217. The van der Waals surface area contributed by atoms with Crippen LogP contribution in [-0.4, -0.2) is 24.0 Å². The van der Waals surface area contributed by atoms with Crippen molar-refractivity contribution in [2.24, 2.45) is 5.92 Å². The van der Waals surface area contributed by atoms with Gasteiger partial charge in [0.1, 0.15) is 0 Å². The second-order valence-corrected chi connectivity index (χ2v) is 6.55. The SMILES string of the molecule is N#CN(C(=O)[C@H]1CCNC1)c1ncc(-c2ccc(C(F)(F)F)cc2)s1. The Labute approximate surface area is 145 Å². The molecule has 9 heteroatoms. The Morgan fingerprint density at radius 2 is 2.08 bits per heavy atom. The highest BCUT2D eigenvalue weighted by atomic mass is 32.1. The van der Waals surface area contributed by atoms with Crippen LogP contribution >= 0.6 is 11.3 Å². The number of nitrogens with zero attached hydrogens (tertiary/aromatic N) is 3. The largest absolute Gasteiger partial charge is 0.416 e. The van der Waals surface area contributed by atoms with Crippen LogP contribution in [0.25, 0.3) is 10.4 Å². The molecule has 2 aromatic rings. The zero-order valence-corrected chi connectivity index (χ0v) is 13.7. The van der Waals surface area contributed by atoms with Crippen molar-refractivity contribution in [1.82, 2.24) is 10.3 Å². The maximum atomic E-state index is 12.6. The van der Waals surface area contributed by atoms with Crippen LogP contribution in [0.5, 0.6) is 0 Å². The number of carbonyl (C=O) groups excluding carboxylic acids is 1. The van der Waals surface area contributed by atoms with E-state index in [2.05, 4.69) is 10.3 Å². The van der Waals surface area contributed by atoms with E-state index >= 15 is 0 Å². The molecule has 1 amide bonds. The van der Waals surface area contributed by atoms with Gasteiger partial charge in [-0.15, -0.1) is 0 Å². The molecular formula is C16H13F3N4OS. The van der Waals surface area contributed by atoms with Gasteiger partial charge in [0.05, 0.1) is 16.4 Å². The first kappa shape index (κ1) is 17.4. The standard InChI is InChI=1S/C16H13F3N4OS/c17-16(18,19)12-3-1-10(2-4-12)13-8-22-15(25-13)23(9-20)14(24)11-5-6-21-7-11/h1-4,8,11,21H,5-7H2/t11-/m0/s1. The van der Waals surface area contributed by atoms with Gasteiger partial charge in [0.2, 0.25) is 11.0 Å². The Kier molecular flexibility index (Phi) is 4.74. The molecule has 0 unspecified atom stereocenters. The summed E-state index contributed by atoms with van der Waals surface area (Å²) in [4.78, 5) is 18.0. The Balaban J connectivity index is 1.81. The Bertz CT molecular complexity index is 804. The van der Waals surface area contributed by atoms with Gasteiger partial charge in [0.15, 0.2) is 6.19 Å². The highest BCUT2D eigenvalue weighted by Gasteiger charge is 2.31. The van der Waals surface area contributed by atoms with Gasteiger partial charge in [-0.1, -0.05) is 23.5 Å². The van der Waals surface area contributed by atoms with Crippen LogP contribution in [0.1, 0.15) is 12.0 Å². The number of carbonyl (C=O) groups is 1. The average molecular weight is 366 g/mol. The van der Waals surface area contributed by atoms with E-state index in [1.165, 1.54) is 18.3 Å². The third-order valence-electron chi connectivity index (χ3n) is 3.91. The lowest BCUT2D eigenvalue weighted by Crippen LogP contribution is -2.33. The summed E-state index contributed by atoms with van der Waals surface area (Å²) in [5, 5.41) is 12.6. The minimum atomic E-state index is -4.39. The third-order valence-corrected chi connectivity index (χ3v) is 4.94. The van der Waals surface area contributed by atoms with Crippen LogP contribution in [-0.2, 0) is 11.0 Å². The summed E-state index contributed by atoms with van der Waals surface area (Å²) in [6.45, 7) is 1.25. The second kappa shape index (κ2) is 6.82. The van der Waals surface area contributed by atoms with E-state index in [1.807, 2.05) is 6.19 Å². The van der Waals surface area contributed by atoms with Crippen LogP contribution in [0.2, 0.25) is 0 Å². The van der Waals surface area contributed by atoms with Gasteiger partial charge < -0.3 is 5.32 Å². The number of hydrogen-bond donors (Lipinski definition) is 1. The molecule has 1 aromatic carbocycles. The van der Waals surface area contributed by atoms with Crippen LogP contribution in [0.15, 0.2) is 30.5 Å². The lowest BCUT2D eigenvalue weighted by Gasteiger charge is -2.14. The fourth-order valence-corrected chi connectivity index (χ4v) is 3.44. The van der Waals surface area contributed by atoms with Crippen LogP contribution in [0.4, 0.5) is 18.3 Å². The predicted octanol–water partition coefficient (Wildman–Crippen LogP) is 3.25. The zero-order chi connectivity index (χ0) is 18.0. The molecule has 3 rings (SSSR count). The highest BCUT2D eigenvalue weighted by molar-refractivity contribution is 7.19. The number of rotatable bonds is 3. The van der Waals surface area contributed by atoms with E-state index in [9.17, 15) is 23.2 Å². The van der Waals surface area contributed by atoms with Crippen LogP contribution < -0.4 is 10.2 Å². The maximum absolute atomic E-state index is 12.6. The molecule has 0 spiro atoms. The number of nitriles is 1. The van der Waals surface area contributed by atoms with Crippen LogP contribution in [0.3, 0.4) is 0 Å². The van der Waals surface area contributed by atoms with Gasteiger partial charge in [-0.25, -0.2) is 4.98 Å². The fourth-order valence-electron chi connectivity index (χ4n) is 2.56. The molecule has 1 aliphatic heterocycles. The molecule has 0 saturated carbocycles. The molecule has 0 aliphatic carbocycles. The first-order chi connectivity index (χ1) is 11.9. The van der Waals surface area contributed by atoms with Gasteiger partial charge in [0, 0.05) is 12.7 Å². The van der Waals surface area contributed by atoms with Crippen molar-refractivity contribution >= 4 is 22.4 Å². The minimum Gasteiger partial charge on any atom is -0.316 e. The normalized spacial score (nSPS) is 17.3. The van der Waals surface area contributed by atoms with Gasteiger partial charge in [-0.05, 0) is 30.7 Å². The first-order valence-electron chi connectivity index (χ1n) is 7.48. The van der Waals surface area contributed by atoms with E-state index in [0.29, 0.717) is 23.4 Å². The second-order valence-electron chi connectivity index (χ2n) is 5.55. The van der Waals surface area contributed by atoms with E-state index in [4.69, 9.17) is 0 Å². The summed E-state index contributed by atoms with van der Waals surface area (Å²) < 4.78 is 37.9. The topological polar surface area (TPSA) is 69.0 Å². The Morgan fingerprint density at radius 3 is 2.64 bits per heavy atom. The number of halogens is 3. The molecule has 25 heavy (non-hydrogen) atoms. The van der Waals surface area contributed by atoms with Gasteiger partial charge in [-0.2, -0.15) is 23.3 Å². The number of aromatic nitrogens is 1. The molecule has 0 bridgehead atoms. The molecule has 130 valence electrons. The van der Waals surface area contributed by atoms with Crippen LogP contribution in [0, 0.1) is 17.4 Å². The molecule has 0 radical (unpaired) electrons. The number of amides is 1. The van der Waals surface area contributed by atoms with E-state index in [1.54, 1.807) is 0 Å². The monoisotopic (exact) mass is 366 g/mol. The van der Waals surface area contributed by atoms with Crippen molar-refractivity contribution in [1.29, 1.82) is 5.26 Å². The number of hydrogen-bond acceptors (Lipinski definition) is 5. The maximum Gasteiger partial charge on any atom is 0.416 e. The summed E-state index contributed by atoms with van der Waals surface area (Å²) in [6, 6.07) is 4.68. The quantitative estimate of drug-likeness (QED) is 0.669. The molecule has 1 N–H and O–H groups in total. The van der Waals surface area contributed by atoms with Gasteiger partial charge >= 0.3 is 6.18 Å². The predicted molar refractivity (Wildman–Crippen MR) is 86.6 cm³/mol. The van der Waals surface area contributed by atoms with E-state index < -0.39 is 11.7 Å². The third kappa shape index (κ3) is 3.65. The molecule has 1 fully saturated rings.